The molecule has 0 amide bonds. The third-order valence-electron chi connectivity index (χ3n) is 0.554. The number of hydrogen-bond acceptors (Lipinski definition) is 1. The summed E-state index contributed by atoms with van der Waals surface area (Å²) in [5.41, 5.74) is 0. The molecule has 0 aromatic carbocycles. The summed E-state index contributed by atoms with van der Waals surface area (Å²) in [5, 5.41) is 0. The van der Waals surface area contributed by atoms with Gasteiger partial charge in [0.15, 0.2) is 0 Å². The molecule has 0 aromatic heterocycles. The molecule has 0 saturated heterocycles. The van der Waals surface area contributed by atoms with E-state index in [9.17, 15) is 4.61 Å². The van der Waals surface area contributed by atoms with Crippen molar-refractivity contribution in [1.82, 2.24) is 0 Å². The van der Waals surface area contributed by atoms with Gasteiger partial charge < -0.3 is 0 Å². The molecule has 0 spiro atoms. The van der Waals surface area contributed by atoms with Crippen LogP contribution in [0.15, 0.2) is 0 Å². The van der Waals surface area contributed by atoms with Gasteiger partial charge in [0, 0.05) is 27.9 Å². The fraction of sp³-hybridized carbons (Fsp3) is 1.00. The Kier molecular flexibility index (Phi) is 12.0. The quantitative estimate of drug-likeness (QED) is 0.558. The topological polar surface area (TPSA) is 23.8 Å². The normalized spacial score (nSPS) is 13.6. The molecule has 0 radical (unpaired) electrons. The summed E-state index contributed by atoms with van der Waals surface area (Å²) in [6, 6.07) is 0. The van der Waals surface area contributed by atoms with Crippen molar-refractivity contribution in [3.05, 3.63) is 0 Å². The molecule has 11 heavy (non-hydrogen) atoms. The van der Waals surface area contributed by atoms with Gasteiger partial charge in [-0.15, -0.1) is 0 Å². The maximum Gasteiger partial charge on any atom is 0.0471 e. The molecule has 0 N–H and O–H groups in total. The molecule has 0 rings (SSSR count). The van der Waals surface area contributed by atoms with Crippen LogP contribution in [0.2, 0.25) is 0 Å². The van der Waals surface area contributed by atoms with E-state index in [1.807, 2.05) is 6.92 Å². The Morgan fingerprint density at radius 3 is 2.45 bits per heavy atom. The van der Waals surface area contributed by atoms with Gasteiger partial charge in [-0.05, 0) is 32.4 Å². The zero-order chi connectivity index (χ0) is 8.53. The van der Waals surface area contributed by atoms with Gasteiger partial charge in [-0.3, -0.25) is 0 Å². The molecule has 0 saturated carbocycles. The van der Waals surface area contributed by atoms with Crippen LogP contribution in [-0.4, -0.2) is 5.75 Å². The molecule has 0 bridgehead atoms. The van der Waals surface area contributed by atoms with Gasteiger partial charge >= 0.3 is 0 Å². The van der Waals surface area contributed by atoms with Crippen LogP contribution < -0.4 is 0 Å². The van der Waals surface area contributed by atoms with Gasteiger partial charge in [-0.25, -0.2) is 0 Å². The summed E-state index contributed by atoms with van der Waals surface area (Å²) in [6.07, 6.45) is 0. The largest absolute Gasteiger partial charge is 0.185 e. The minimum atomic E-state index is -0.351. The van der Waals surface area contributed by atoms with Crippen LogP contribution in [-0.2, 0) is 9.70 Å². The summed E-state index contributed by atoms with van der Waals surface area (Å²) < 4.78 is 9.20. The van der Waals surface area contributed by atoms with Gasteiger partial charge in [0.1, 0.15) is 0 Å². The molecular formula is C2H6NP7S. The first-order chi connectivity index (χ1) is 5.31. The van der Waals surface area contributed by atoms with Crippen LogP contribution in [0.4, 0.5) is 0 Å². The Balaban J connectivity index is 3.89. The summed E-state index contributed by atoms with van der Waals surface area (Å²) in [7, 11) is 11.0. The monoisotopic (exact) mass is 293 g/mol. The van der Waals surface area contributed by atoms with E-state index in [2.05, 4.69) is 8.53 Å². The van der Waals surface area contributed by atoms with Crippen molar-refractivity contribution in [2.24, 2.45) is 0 Å². The highest BCUT2D eigenvalue weighted by Gasteiger charge is 1.71. The third-order valence-corrected chi connectivity index (χ3v) is 20.4. The fourth-order valence-corrected chi connectivity index (χ4v) is 22.5. The molecule has 0 unspecified atom stereocenters. The van der Waals surface area contributed by atoms with Gasteiger partial charge in [0.05, 0.1) is 0 Å². The van der Waals surface area contributed by atoms with Crippen molar-refractivity contribution < 1.29 is 0 Å². The molecule has 0 aromatic rings. The lowest BCUT2D eigenvalue weighted by Gasteiger charge is -1.70. The first-order valence-corrected chi connectivity index (χ1v) is 14.8. The van der Waals surface area contributed by atoms with E-state index >= 15 is 0 Å². The van der Waals surface area contributed by atoms with Gasteiger partial charge in [-0.2, -0.15) is 4.61 Å². The summed E-state index contributed by atoms with van der Waals surface area (Å²) >= 11 is 0. The Morgan fingerprint density at radius 2 is 1.91 bits per heavy atom. The van der Waals surface area contributed by atoms with Gasteiger partial charge in [0.2, 0.25) is 0 Å². The van der Waals surface area contributed by atoms with E-state index < -0.39 is 0 Å². The zero-order valence-corrected chi connectivity index (χ0v) is 12.9. The van der Waals surface area contributed by atoms with Crippen molar-refractivity contribution in [2.45, 2.75) is 6.92 Å². The fourth-order valence-electron chi connectivity index (χ4n) is 0.172. The predicted octanol–water partition coefficient (Wildman–Crippen LogP) is 6.33. The average molecular weight is 293 g/mol. The first-order valence-electron chi connectivity index (χ1n) is 2.58. The van der Waals surface area contributed by atoms with Crippen molar-refractivity contribution in [1.29, 1.82) is 4.61 Å². The molecule has 0 aliphatic carbocycles. The maximum atomic E-state index is 9.20. The van der Waals surface area contributed by atoms with Gasteiger partial charge in [0.25, 0.3) is 0 Å². The Hall–Kier alpha value is 2.03. The Bertz CT molecular complexity index is 285. The van der Waals surface area contributed by atoms with E-state index in [4.69, 9.17) is 0 Å². The number of nitrogens with zero attached hydrogens (tertiary/aromatic N) is 1. The highest BCUT2D eigenvalue weighted by Crippen LogP contribution is 2.46. The average Bonchev–Trinajstić information content (AvgIpc) is 2.04. The first kappa shape index (κ1) is 13.0. The highest BCUT2D eigenvalue weighted by molar-refractivity contribution is 8.56. The second-order valence-corrected chi connectivity index (χ2v) is 17.7. The van der Waals surface area contributed by atoms with E-state index in [-0.39, 0.29) is 9.70 Å². The van der Waals surface area contributed by atoms with Crippen LogP contribution in [0.25, 0.3) is 0 Å². The lowest BCUT2D eigenvalue weighted by molar-refractivity contribution is 1.51. The van der Waals surface area contributed by atoms with E-state index in [1.54, 1.807) is 0 Å². The maximum absolute atomic E-state index is 9.20. The SMILES string of the molecule is CCS(#N)=PP=PP=PP=P. The lowest BCUT2D eigenvalue weighted by atomic mass is 11.0. The van der Waals surface area contributed by atoms with Crippen LogP contribution in [0, 0.1) is 4.61 Å². The van der Waals surface area contributed by atoms with Crippen LogP contribution in [0.1, 0.15) is 6.92 Å². The minimum Gasteiger partial charge on any atom is -0.185 e. The summed E-state index contributed by atoms with van der Waals surface area (Å²) in [4.78, 5) is 0. The standard InChI is InChI=1S/C2H6NP7S/c1-2-11(3)10-9-8-7-6-5-4/h4H,2H2,1H3. The molecule has 9 heteroatoms. The van der Waals surface area contributed by atoms with Crippen LogP contribution in [0.5, 0.6) is 0 Å². The van der Waals surface area contributed by atoms with E-state index in [0.29, 0.717) is 0 Å². The molecule has 60 valence electrons. The third kappa shape index (κ3) is 9.95. The van der Waals surface area contributed by atoms with Crippen molar-refractivity contribution in [3.8, 4) is 0 Å². The molecule has 0 aliphatic heterocycles. The summed E-state index contributed by atoms with van der Waals surface area (Å²) in [5.74, 6) is 0.898. The van der Waals surface area contributed by atoms with Gasteiger partial charge in [-0.1, -0.05) is 15.5 Å². The second-order valence-electron chi connectivity index (χ2n) is 1.17. The van der Waals surface area contributed by atoms with Crippen molar-refractivity contribution >= 4 is 63.1 Å². The second kappa shape index (κ2) is 10.1. The molecule has 0 heterocycles. The summed E-state index contributed by atoms with van der Waals surface area (Å²) in [6.45, 7) is 2.02. The van der Waals surface area contributed by atoms with E-state index in [1.165, 1.54) is 44.8 Å². The van der Waals surface area contributed by atoms with Crippen LogP contribution >= 0.6 is 53.4 Å². The Morgan fingerprint density at radius 1 is 1.27 bits per heavy atom. The molecule has 0 fully saturated rings. The Labute approximate surface area is 80.2 Å². The molecule has 0 atom stereocenters. The van der Waals surface area contributed by atoms with Crippen molar-refractivity contribution in [2.75, 3.05) is 5.75 Å². The molecule has 0 aliphatic rings. The molecule has 1 nitrogen and oxygen atoms in total. The predicted molar refractivity (Wildman–Crippen MR) is 69.5 cm³/mol. The van der Waals surface area contributed by atoms with Crippen molar-refractivity contribution in [3.63, 3.8) is 0 Å². The number of hydrogen-bond donors (Lipinski definition) is 0. The lowest BCUT2D eigenvalue weighted by Crippen LogP contribution is -1.62. The minimum absolute atomic E-state index is 0.351. The molecular weight excluding hydrogens is 287 g/mol. The highest BCUT2D eigenvalue weighted by atomic mass is 32.7. The number of rotatable bonds is 3. The van der Waals surface area contributed by atoms with Crippen LogP contribution in [0.3, 0.4) is 0 Å². The van der Waals surface area contributed by atoms with E-state index in [0.717, 1.165) is 5.75 Å². The smallest absolute Gasteiger partial charge is 0.0471 e. The zero-order valence-electron chi connectivity index (χ0n) is 5.75.